The highest BCUT2D eigenvalue weighted by Crippen LogP contribution is 2.44. The maximum atomic E-state index is 12.9. The van der Waals surface area contributed by atoms with Crippen LogP contribution in [0, 0.1) is 0 Å². The lowest BCUT2D eigenvalue weighted by atomic mass is 9.98. The Morgan fingerprint density at radius 1 is 1.03 bits per heavy atom. The third-order valence-electron chi connectivity index (χ3n) is 6.28. The van der Waals surface area contributed by atoms with Crippen LogP contribution in [0.3, 0.4) is 0 Å². The van der Waals surface area contributed by atoms with Crippen LogP contribution in [-0.4, -0.2) is 41.1 Å². The van der Waals surface area contributed by atoms with E-state index in [1.165, 1.54) is 6.07 Å². The Morgan fingerprint density at radius 3 is 2.14 bits per heavy atom. The Bertz CT molecular complexity index is 1290. The molecule has 0 heterocycles. The molecular formula is C27H22ClF3NO4+. The number of ether oxygens (including phenoxy) is 1. The maximum Gasteiger partial charge on any atom is 0.596 e. The van der Waals surface area contributed by atoms with Crippen molar-refractivity contribution < 1.29 is 37.2 Å². The number of halogens is 4. The van der Waals surface area contributed by atoms with Gasteiger partial charge in [0, 0.05) is 12.3 Å². The van der Waals surface area contributed by atoms with E-state index >= 15 is 0 Å². The first kappa shape index (κ1) is 25.4. The number of aryl methyl sites for hydroxylation is 1. The molecule has 0 bridgehead atoms. The molecule has 1 atom stereocenters. The molecule has 0 fully saturated rings. The molecule has 4 rings (SSSR count). The second-order valence-corrected chi connectivity index (χ2v) is 8.89. The molecular weight excluding hydrogens is 495 g/mol. The lowest BCUT2D eigenvalue weighted by Gasteiger charge is -2.14. The minimum atomic E-state index is -4.59. The summed E-state index contributed by atoms with van der Waals surface area (Å²) in [6, 6.07) is 17.5. The molecule has 5 nitrogen and oxygen atoms in total. The average molecular weight is 517 g/mol. The average Bonchev–Trinajstić information content (AvgIpc) is 3.15. The summed E-state index contributed by atoms with van der Waals surface area (Å²) < 4.78 is 45.0. The highest BCUT2D eigenvalue weighted by atomic mass is 35.5. The highest BCUT2D eigenvalue weighted by Gasteiger charge is 2.37. The largest absolute Gasteiger partial charge is 0.596 e. The fraction of sp³-hybridized carbons (Fsp3) is 0.222. The number of carbonyl (C=O) groups is 2. The Morgan fingerprint density at radius 2 is 1.61 bits per heavy atom. The first-order valence-electron chi connectivity index (χ1n) is 11.1. The van der Waals surface area contributed by atoms with E-state index in [9.17, 15) is 27.9 Å². The van der Waals surface area contributed by atoms with E-state index in [0.29, 0.717) is 5.56 Å². The second kappa shape index (κ2) is 10.1. The zero-order chi connectivity index (χ0) is 26.0. The van der Waals surface area contributed by atoms with Gasteiger partial charge in [-0.2, -0.15) is 18.0 Å². The first-order valence-corrected chi connectivity index (χ1v) is 11.5. The topological polar surface area (TPSA) is 66.6 Å². The molecule has 9 heteroatoms. The molecule has 0 radical (unpaired) electrons. The molecule has 1 aliphatic rings. The smallest absolute Gasteiger partial charge is 0.476 e. The van der Waals surface area contributed by atoms with Crippen LogP contribution in [-0.2, 0) is 22.1 Å². The number of aliphatic carboxylic acids is 1. The van der Waals surface area contributed by atoms with Crippen molar-refractivity contribution in [3.63, 3.8) is 0 Å². The van der Waals surface area contributed by atoms with Gasteiger partial charge in [0.25, 0.3) is 6.04 Å². The van der Waals surface area contributed by atoms with Crippen molar-refractivity contribution in [3.8, 4) is 11.1 Å². The van der Waals surface area contributed by atoms with Crippen LogP contribution in [0.4, 0.5) is 18.0 Å². The van der Waals surface area contributed by atoms with Crippen LogP contribution >= 0.6 is 11.6 Å². The van der Waals surface area contributed by atoms with E-state index in [-0.39, 0.29) is 25.4 Å². The molecule has 36 heavy (non-hydrogen) atoms. The van der Waals surface area contributed by atoms with E-state index in [4.69, 9.17) is 16.3 Å². The number of amides is 1. The van der Waals surface area contributed by atoms with E-state index in [2.05, 4.69) is 6.72 Å². The maximum absolute atomic E-state index is 12.9. The standard InChI is InChI=1S/C27H21ClF3NO4/c1-32(24(25(33)34)13-11-16-10-12-22(23(28)14-16)27(29,30)31)26(35)36-15-21-19-8-4-2-6-17(19)18-7-3-5-9-20(18)21/h2-10,12,14,21,24H,1,11,13,15H2/p+1/t24-/m0/s1. The number of hydrogen-bond acceptors (Lipinski definition) is 3. The van der Waals surface area contributed by atoms with Gasteiger partial charge in [0.2, 0.25) is 0 Å². The lowest BCUT2D eigenvalue weighted by Crippen LogP contribution is -2.38. The third kappa shape index (κ3) is 5.14. The summed E-state index contributed by atoms with van der Waals surface area (Å²) in [4.78, 5) is 24.6. The fourth-order valence-corrected chi connectivity index (χ4v) is 4.77. The Balaban J connectivity index is 1.42. The van der Waals surface area contributed by atoms with Crippen molar-refractivity contribution in [1.29, 1.82) is 0 Å². The van der Waals surface area contributed by atoms with Crippen molar-refractivity contribution in [1.82, 2.24) is 0 Å². The number of carboxylic acids is 1. The highest BCUT2D eigenvalue weighted by molar-refractivity contribution is 6.31. The van der Waals surface area contributed by atoms with Gasteiger partial charge in [-0.1, -0.05) is 66.2 Å². The Labute approximate surface area is 210 Å². The van der Waals surface area contributed by atoms with Crippen molar-refractivity contribution >= 4 is 30.4 Å². The summed E-state index contributed by atoms with van der Waals surface area (Å²) >= 11 is 5.75. The molecule has 186 valence electrons. The summed E-state index contributed by atoms with van der Waals surface area (Å²) in [7, 11) is 0. The molecule has 3 aromatic carbocycles. The molecule has 3 aromatic rings. The summed E-state index contributed by atoms with van der Waals surface area (Å²) in [5.41, 5.74) is 3.56. The van der Waals surface area contributed by atoms with Gasteiger partial charge < -0.3 is 9.84 Å². The van der Waals surface area contributed by atoms with Crippen molar-refractivity contribution in [2.75, 3.05) is 6.61 Å². The number of nitrogens with zero attached hydrogens (tertiary/aromatic N) is 1. The zero-order valence-electron chi connectivity index (χ0n) is 19.0. The number of alkyl halides is 3. The van der Waals surface area contributed by atoms with Gasteiger partial charge in [-0.15, -0.1) is 4.58 Å². The Kier molecular flexibility index (Phi) is 7.17. The number of carboxylic acid groups (broad SMARTS) is 1. The SMILES string of the molecule is C=[N+](C(=O)OCC1c2ccccc2-c2ccccc21)[C@@H](CCc1ccc(C(F)(F)F)c(Cl)c1)C(=O)O. The van der Waals surface area contributed by atoms with E-state index in [0.717, 1.165) is 39.0 Å². The van der Waals surface area contributed by atoms with Crippen LogP contribution in [0.25, 0.3) is 11.1 Å². The van der Waals surface area contributed by atoms with Crippen molar-refractivity contribution in [2.24, 2.45) is 0 Å². The van der Waals surface area contributed by atoms with Crippen LogP contribution in [0.2, 0.25) is 5.02 Å². The predicted octanol–water partition coefficient (Wildman–Crippen LogP) is 6.41. The summed E-state index contributed by atoms with van der Waals surface area (Å²) in [5.74, 6) is -1.51. The van der Waals surface area contributed by atoms with Gasteiger partial charge in [0.15, 0.2) is 0 Å². The van der Waals surface area contributed by atoms with Gasteiger partial charge in [0.05, 0.1) is 10.6 Å². The van der Waals surface area contributed by atoms with Crippen molar-refractivity contribution in [2.45, 2.75) is 31.0 Å². The van der Waals surface area contributed by atoms with Crippen LogP contribution in [0.1, 0.15) is 34.6 Å². The van der Waals surface area contributed by atoms with Gasteiger partial charge >= 0.3 is 18.2 Å². The molecule has 1 N–H and O–H groups in total. The number of rotatable bonds is 7. The van der Waals surface area contributed by atoms with Crippen molar-refractivity contribution in [3.05, 3.63) is 94.0 Å². The molecule has 0 saturated heterocycles. The number of fused-ring (bicyclic) bond motifs is 3. The molecule has 0 unspecified atom stereocenters. The van der Waals surface area contributed by atoms with Gasteiger partial charge in [-0.05, 0) is 46.4 Å². The number of benzene rings is 3. The van der Waals surface area contributed by atoms with Crippen LogP contribution in [0.5, 0.6) is 0 Å². The lowest BCUT2D eigenvalue weighted by molar-refractivity contribution is -0.470. The van der Waals surface area contributed by atoms with Gasteiger partial charge in [-0.3, -0.25) is 0 Å². The number of carbonyl (C=O) groups excluding carboxylic acids is 1. The molecule has 0 saturated carbocycles. The third-order valence-corrected chi connectivity index (χ3v) is 6.59. The summed E-state index contributed by atoms with van der Waals surface area (Å²) in [6.45, 7) is 3.57. The minimum absolute atomic E-state index is 0.000266. The molecule has 0 aliphatic heterocycles. The number of hydrogen-bond donors (Lipinski definition) is 1. The van der Waals surface area contributed by atoms with E-state index in [1.807, 2.05) is 48.5 Å². The van der Waals surface area contributed by atoms with Crippen LogP contribution in [0.15, 0.2) is 66.7 Å². The minimum Gasteiger partial charge on any atom is -0.476 e. The van der Waals surface area contributed by atoms with E-state index in [1.54, 1.807) is 0 Å². The first-order chi connectivity index (χ1) is 17.1. The van der Waals surface area contributed by atoms with Gasteiger partial charge in [0.1, 0.15) is 13.3 Å². The molecule has 0 aromatic heterocycles. The quantitative estimate of drug-likeness (QED) is 0.291. The monoisotopic (exact) mass is 516 g/mol. The van der Waals surface area contributed by atoms with E-state index < -0.39 is 34.9 Å². The predicted molar refractivity (Wildman–Crippen MR) is 129 cm³/mol. The zero-order valence-corrected chi connectivity index (χ0v) is 19.7. The normalized spacial score (nSPS) is 13.6. The summed E-state index contributed by atoms with van der Waals surface area (Å²) in [5, 5.41) is 9.17. The Hall–Kier alpha value is -3.65. The molecule has 1 amide bonds. The molecule has 0 spiro atoms. The second-order valence-electron chi connectivity index (χ2n) is 8.48. The fourth-order valence-electron chi connectivity index (χ4n) is 4.46. The summed E-state index contributed by atoms with van der Waals surface area (Å²) in [6.07, 6.45) is -5.52. The molecule has 1 aliphatic carbocycles. The van der Waals surface area contributed by atoms with Crippen LogP contribution < -0.4 is 0 Å². The van der Waals surface area contributed by atoms with Gasteiger partial charge in [-0.25, -0.2) is 4.79 Å².